The summed E-state index contributed by atoms with van der Waals surface area (Å²) in [5, 5.41) is 0. The van der Waals surface area contributed by atoms with Crippen LogP contribution in [0.15, 0.2) is 30.3 Å². The number of hydrogen-bond donors (Lipinski definition) is 0. The van der Waals surface area contributed by atoms with Crippen molar-refractivity contribution in [3.8, 4) is 0 Å². The highest BCUT2D eigenvalue weighted by Gasteiger charge is 2.38. The van der Waals surface area contributed by atoms with Crippen LogP contribution in [0, 0.1) is 0 Å². The maximum absolute atomic E-state index is 6.01. The SMILES string of the molecule is CO[Si]1(OC)CCCCCN(c2ccccc2)CCO1. The minimum absolute atomic E-state index is 0.656. The minimum atomic E-state index is -2.42. The summed E-state index contributed by atoms with van der Waals surface area (Å²) in [6.45, 7) is 2.62. The van der Waals surface area contributed by atoms with E-state index in [0.717, 1.165) is 25.6 Å². The number of anilines is 1. The van der Waals surface area contributed by atoms with Crippen LogP contribution in [-0.4, -0.2) is 42.7 Å². The molecular weight excluding hydrogens is 270 g/mol. The van der Waals surface area contributed by atoms with Gasteiger partial charge in [-0.15, -0.1) is 0 Å². The second-order valence-corrected chi connectivity index (χ2v) is 8.04. The van der Waals surface area contributed by atoms with Crippen molar-refractivity contribution >= 4 is 14.5 Å². The van der Waals surface area contributed by atoms with Crippen molar-refractivity contribution in [2.24, 2.45) is 0 Å². The van der Waals surface area contributed by atoms with Gasteiger partial charge in [0.15, 0.2) is 0 Å². The molecular formula is C15H25NO3Si. The van der Waals surface area contributed by atoms with E-state index >= 15 is 0 Å². The fourth-order valence-electron chi connectivity index (χ4n) is 2.62. The second kappa shape index (κ2) is 7.78. The molecule has 1 aromatic carbocycles. The van der Waals surface area contributed by atoms with Crippen LogP contribution in [-0.2, 0) is 13.3 Å². The van der Waals surface area contributed by atoms with Crippen molar-refractivity contribution in [2.45, 2.75) is 25.3 Å². The van der Waals surface area contributed by atoms with Crippen LogP contribution in [0.4, 0.5) is 5.69 Å². The van der Waals surface area contributed by atoms with Gasteiger partial charge in [-0.05, 0) is 25.0 Å². The molecule has 4 nitrogen and oxygen atoms in total. The zero-order chi connectivity index (χ0) is 14.3. The Hall–Kier alpha value is -0.883. The lowest BCUT2D eigenvalue weighted by Gasteiger charge is -2.31. The van der Waals surface area contributed by atoms with Crippen molar-refractivity contribution in [1.29, 1.82) is 0 Å². The monoisotopic (exact) mass is 295 g/mol. The Morgan fingerprint density at radius 2 is 1.75 bits per heavy atom. The topological polar surface area (TPSA) is 30.9 Å². The molecule has 0 N–H and O–H groups in total. The Morgan fingerprint density at radius 3 is 2.45 bits per heavy atom. The summed E-state index contributed by atoms with van der Waals surface area (Å²) in [6, 6.07) is 11.4. The molecule has 1 aliphatic rings. The van der Waals surface area contributed by atoms with Crippen LogP contribution >= 0.6 is 0 Å². The third-order valence-electron chi connectivity index (χ3n) is 3.84. The summed E-state index contributed by atoms with van der Waals surface area (Å²) in [7, 11) is 0.985. The Morgan fingerprint density at radius 1 is 1.00 bits per heavy atom. The van der Waals surface area contributed by atoms with E-state index < -0.39 is 8.80 Å². The zero-order valence-corrected chi connectivity index (χ0v) is 13.5. The van der Waals surface area contributed by atoms with Crippen LogP contribution in [0.1, 0.15) is 19.3 Å². The van der Waals surface area contributed by atoms with Gasteiger partial charge in [-0.3, -0.25) is 0 Å². The molecule has 1 aliphatic heterocycles. The predicted octanol–water partition coefficient (Wildman–Crippen LogP) is 2.93. The Labute approximate surface area is 123 Å². The highest BCUT2D eigenvalue weighted by atomic mass is 28.4. The lowest BCUT2D eigenvalue weighted by Crippen LogP contribution is -2.46. The first-order chi connectivity index (χ1) is 9.79. The fraction of sp³-hybridized carbons (Fsp3) is 0.600. The van der Waals surface area contributed by atoms with Crippen molar-refractivity contribution in [2.75, 3.05) is 38.8 Å². The van der Waals surface area contributed by atoms with E-state index in [1.54, 1.807) is 14.2 Å². The first-order valence-electron chi connectivity index (χ1n) is 7.34. The first kappa shape index (κ1) is 15.5. The molecule has 0 saturated carbocycles. The van der Waals surface area contributed by atoms with Crippen molar-refractivity contribution < 1.29 is 13.3 Å². The van der Waals surface area contributed by atoms with Gasteiger partial charge in [0.25, 0.3) is 0 Å². The van der Waals surface area contributed by atoms with E-state index in [-0.39, 0.29) is 0 Å². The Kier molecular flexibility index (Phi) is 6.03. The zero-order valence-electron chi connectivity index (χ0n) is 12.5. The smallest absolute Gasteiger partial charge is 0.377 e. The molecule has 0 radical (unpaired) electrons. The number of nitrogens with zero attached hydrogens (tertiary/aromatic N) is 1. The van der Waals surface area contributed by atoms with Crippen LogP contribution < -0.4 is 4.90 Å². The summed E-state index contributed by atoms with van der Waals surface area (Å²) in [5.74, 6) is 0. The van der Waals surface area contributed by atoms with E-state index in [1.807, 2.05) is 0 Å². The quantitative estimate of drug-likeness (QED) is 0.802. The highest BCUT2D eigenvalue weighted by molar-refractivity contribution is 6.60. The molecule has 5 heteroatoms. The molecule has 2 rings (SSSR count). The Bertz CT molecular complexity index is 384. The summed E-state index contributed by atoms with van der Waals surface area (Å²) in [6.07, 6.45) is 3.50. The molecule has 0 atom stereocenters. The maximum Gasteiger partial charge on any atom is 0.500 e. The van der Waals surface area contributed by atoms with Crippen molar-refractivity contribution in [3.63, 3.8) is 0 Å². The van der Waals surface area contributed by atoms with Gasteiger partial charge in [0.2, 0.25) is 0 Å². The number of para-hydroxylation sites is 1. The molecule has 1 saturated heterocycles. The Balaban J connectivity index is 2.01. The number of hydrogen-bond acceptors (Lipinski definition) is 4. The van der Waals surface area contributed by atoms with Crippen LogP contribution in [0.2, 0.25) is 6.04 Å². The van der Waals surface area contributed by atoms with E-state index in [1.165, 1.54) is 18.5 Å². The highest BCUT2D eigenvalue weighted by Crippen LogP contribution is 2.21. The second-order valence-electron chi connectivity index (χ2n) is 5.07. The van der Waals surface area contributed by atoms with Gasteiger partial charge in [0.05, 0.1) is 6.61 Å². The minimum Gasteiger partial charge on any atom is -0.377 e. The molecule has 0 bridgehead atoms. The summed E-state index contributed by atoms with van der Waals surface area (Å²) >= 11 is 0. The van der Waals surface area contributed by atoms with Gasteiger partial charge in [-0.25, -0.2) is 0 Å². The molecule has 1 aromatic rings. The molecule has 0 amide bonds. The summed E-state index contributed by atoms with van der Waals surface area (Å²) < 4.78 is 17.2. The molecule has 0 spiro atoms. The van der Waals surface area contributed by atoms with E-state index in [2.05, 4.69) is 35.2 Å². The molecule has 0 aromatic heterocycles. The van der Waals surface area contributed by atoms with Gasteiger partial charge in [-0.2, -0.15) is 0 Å². The third-order valence-corrected chi connectivity index (χ3v) is 6.69. The molecule has 0 aliphatic carbocycles. The van der Waals surface area contributed by atoms with Gasteiger partial charge < -0.3 is 18.2 Å². The molecule has 20 heavy (non-hydrogen) atoms. The molecule has 0 unspecified atom stereocenters. The van der Waals surface area contributed by atoms with Crippen LogP contribution in [0.3, 0.4) is 0 Å². The number of benzene rings is 1. The fourth-order valence-corrected chi connectivity index (χ4v) is 4.66. The molecule has 112 valence electrons. The van der Waals surface area contributed by atoms with E-state index in [9.17, 15) is 0 Å². The molecule has 1 fully saturated rings. The van der Waals surface area contributed by atoms with Crippen molar-refractivity contribution in [3.05, 3.63) is 30.3 Å². The largest absolute Gasteiger partial charge is 0.500 e. The molecule has 1 heterocycles. The van der Waals surface area contributed by atoms with Gasteiger partial charge >= 0.3 is 8.80 Å². The standard InChI is InChI=1S/C15H25NO3Si/c1-17-20(18-2)14-8-4-7-11-16(12-13-19-20)15-9-5-3-6-10-15/h3,5-6,9-10H,4,7-8,11-14H2,1-2H3. The van der Waals surface area contributed by atoms with Gasteiger partial charge in [0.1, 0.15) is 0 Å². The predicted molar refractivity (Wildman–Crippen MR) is 83.0 cm³/mol. The average Bonchev–Trinajstić information content (AvgIpc) is 2.53. The third kappa shape index (κ3) is 4.05. The van der Waals surface area contributed by atoms with Crippen LogP contribution in [0.25, 0.3) is 0 Å². The summed E-state index contributed by atoms with van der Waals surface area (Å²) in [4.78, 5) is 2.38. The van der Waals surface area contributed by atoms with Crippen molar-refractivity contribution in [1.82, 2.24) is 0 Å². The van der Waals surface area contributed by atoms with Gasteiger partial charge in [0, 0.05) is 39.0 Å². The number of rotatable bonds is 3. The van der Waals surface area contributed by atoms with E-state index in [0.29, 0.717) is 6.61 Å². The van der Waals surface area contributed by atoms with E-state index in [4.69, 9.17) is 13.3 Å². The van der Waals surface area contributed by atoms with Crippen LogP contribution in [0.5, 0.6) is 0 Å². The maximum atomic E-state index is 6.01. The lowest BCUT2D eigenvalue weighted by molar-refractivity contribution is 0.0991. The first-order valence-corrected chi connectivity index (χ1v) is 9.27. The summed E-state index contributed by atoms with van der Waals surface area (Å²) in [5.41, 5.74) is 1.26. The van der Waals surface area contributed by atoms with Gasteiger partial charge in [-0.1, -0.05) is 24.6 Å². The average molecular weight is 295 g/mol. The normalized spacial score (nSPS) is 20.6. The lowest BCUT2D eigenvalue weighted by atomic mass is 10.2.